The lowest BCUT2D eigenvalue weighted by Crippen LogP contribution is -2.34. The second-order valence-corrected chi connectivity index (χ2v) is 3.01. The van der Waals surface area contributed by atoms with Crippen LogP contribution in [0, 0.1) is 5.92 Å². The fraction of sp³-hybridized carbons (Fsp3) is 0.700. The van der Waals surface area contributed by atoms with Crippen LogP contribution in [0.2, 0.25) is 0 Å². The van der Waals surface area contributed by atoms with Crippen molar-refractivity contribution in [2.24, 2.45) is 5.92 Å². The van der Waals surface area contributed by atoms with Crippen LogP contribution in [-0.4, -0.2) is 12.5 Å². The molecule has 2 heteroatoms. The smallest absolute Gasteiger partial charge is 0.220 e. The van der Waals surface area contributed by atoms with Crippen molar-refractivity contribution in [3.05, 3.63) is 12.2 Å². The topological polar surface area (TPSA) is 29.1 Å². The molecule has 1 amide bonds. The van der Waals surface area contributed by atoms with Crippen molar-refractivity contribution in [2.75, 3.05) is 6.54 Å². The van der Waals surface area contributed by atoms with Crippen molar-refractivity contribution in [3.63, 3.8) is 0 Å². The van der Waals surface area contributed by atoms with Gasteiger partial charge in [-0.2, -0.15) is 0 Å². The van der Waals surface area contributed by atoms with E-state index in [-0.39, 0.29) is 13.3 Å². The quantitative estimate of drug-likeness (QED) is 0.630. The Morgan fingerprint density at radius 3 is 2.92 bits per heavy atom. The summed E-state index contributed by atoms with van der Waals surface area (Å²) in [6.45, 7) is 2.89. The molecule has 2 nitrogen and oxygen atoms in total. The maximum absolute atomic E-state index is 10.8. The number of carbonyl (C=O) groups is 1. The number of piperidine rings is 1. The van der Waals surface area contributed by atoms with Gasteiger partial charge in [-0.1, -0.05) is 19.6 Å². The molecule has 1 fully saturated rings. The first-order chi connectivity index (χ1) is 5.33. The monoisotopic (exact) mass is 169 g/mol. The van der Waals surface area contributed by atoms with Crippen molar-refractivity contribution in [1.29, 1.82) is 0 Å². The number of carbonyl (C=O) groups excluding carboxylic acids is 1. The Morgan fingerprint density at radius 1 is 1.67 bits per heavy atom. The van der Waals surface area contributed by atoms with Gasteiger partial charge in [0.15, 0.2) is 0 Å². The number of rotatable bonds is 2. The highest BCUT2D eigenvalue weighted by atomic mass is 16.1. The van der Waals surface area contributed by atoms with E-state index in [1.165, 1.54) is 0 Å². The average Bonchev–Trinajstić information content (AvgIpc) is 2.04. The molecule has 0 aromatic carbocycles. The maximum Gasteiger partial charge on any atom is 0.220 e. The molecule has 1 heterocycles. The zero-order valence-electron chi connectivity index (χ0n) is 6.97. The standard InChI is InChI=1S/C9H15NO.CH4/c1-2-3-4-8-5-6-9(11)10-7-8;/h2-3,8H,4-7H2,1H3,(H,10,11);1H4/b3-2+;. The van der Waals surface area contributed by atoms with E-state index in [0.717, 1.165) is 19.4 Å². The summed E-state index contributed by atoms with van der Waals surface area (Å²) in [7, 11) is 0. The molecule has 0 spiro atoms. The Morgan fingerprint density at radius 2 is 2.42 bits per heavy atom. The number of hydrogen-bond acceptors (Lipinski definition) is 1. The van der Waals surface area contributed by atoms with E-state index in [9.17, 15) is 4.79 Å². The molecule has 1 N–H and O–H groups in total. The third kappa shape index (κ3) is 3.56. The lowest BCUT2D eigenvalue weighted by molar-refractivity contribution is -0.122. The molecule has 0 saturated carbocycles. The Bertz CT molecular complexity index is 153. The summed E-state index contributed by atoms with van der Waals surface area (Å²) in [4.78, 5) is 10.8. The molecule has 1 aliphatic heterocycles. The Kier molecular flexibility index (Phi) is 5.43. The summed E-state index contributed by atoms with van der Waals surface area (Å²) in [5.41, 5.74) is 0. The van der Waals surface area contributed by atoms with Gasteiger partial charge in [-0.25, -0.2) is 0 Å². The molecule has 1 unspecified atom stereocenters. The van der Waals surface area contributed by atoms with Crippen LogP contribution in [0.5, 0.6) is 0 Å². The van der Waals surface area contributed by atoms with Gasteiger partial charge in [0.25, 0.3) is 0 Å². The lowest BCUT2D eigenvalue weighted by atomic mass is 9.96. The van der Waals surface area contributed by atoms with Crippen LogP contribution in [0.1, 0.15) is 33.6 Å². The zero-order valence-corrected chi connectivity index (χ0v) is 6.97. The van der Waals surface area contributed by atoms with E-state index in [2.05, 4.69) is 17.5 Å². The Labute approximate surface area is 75.0 Å². The highest BCUT2D eigenvalue weighted by Crippen LogP contribution is 2.14. The molecule has 0 radical (unpaired) electrons. The van der Waals surface area contributed by atoms with Crippen LogP contribution >= 0.6 is 0 Å². The van der Waals surface area contributed by atoms with E-state index in [4.69, 9.17) is 0 Å². The molecule has 12 heavy (non-hydrogen) atoms. The van der Waals surface area contributed by atoms with Gasteiger partial charge >= 0.3 is 0 Å². The molecule has 1 atom stereocenters. The molecule has 0 bridgehead atoms. The molecule has 0 aliphatic carbocycles. The predicted molar refractivity (Wildman–Crippen MR) is 51.9 cm³/mol. The summed E-state index contributed by atoms with van der Waals surface area (Å²) >= 11 is 0. The average molecular weight is 169 g/mol. The molecule has 0 aromatic heterocycles. The van der Waals surface area contributed by atoms with E-state index in [0.29, 0.717) is 12.3 Å². The van der Waals surface area contributed by atoms with Crippen LogP contribution in [0.15, 0.2) is 12.2 Å². The molecular weight excluding hydrogens is 150 g/mol. The largest absolute Gasteiger partial charge is 0.356 e. The highest BCUT2D eigenvalue weighted by Gasteiger charge is 2.15. The molecule has 1 rings (SSSR count). The molecule has 1 aliphatic rings. The minimum Gasteiger partial charge on any atom is -0.356 e. The van der Waals surface area contributed by atoms with E-state index >= 15 is 0 Å². The van der Waals surface area contributed by atoms with Crippen LogP contribution in [0.4, 0.5) is 0 Å². The Balaban J connectivity index is 0.00000121. The lowest BCUT2D eigenvalue weighted by Gasteiger charge is -2.20. The third-order valence-electron chi connectivity index (χ3n) is 2.07. The van der Waals surface area contributed by atoms with Gasteiger partial charge in [0.1, 0.15) is 0 Å². The second-order valence-electron chi connectivity index (χ2n) is 3.01. The highest BCUT2D eigenvalue weighted by molar-refractivity contribution is 5.76. The number of nitrogens with one attached hydrogen (secondary N) is 1. The molecule has 0 aromatic rings. The van der Waals surface area contributed by atoms with E-state index in [1.807, 2.05) is 6.92 Å². The van der Waals surface area contributed by atoms with Gasteiger partial charge in [-0.3, -0.25) is 4.79 Å². The summed E-state index contributed by atoms with van der Waals surface area (Å²) in [6, 6.07) is 0. The summed E-state index contributed by atoms with van der Waals surface area (Å²) in [6.07, 6.45) is 7.10. The van der Waals surface area contributed by atoms with E-state index < -0.39 is 0 Å². The van der Waals surface area contributed by atoms with Gasteiger partial charge in [0, 0.05) is 13.0 Å². The first-order valence-electron chi connectivity index (χ1n) is 4.20. The van der Waals surface area contributed by atoms with Gasteiger partial charge in [0.2, 0.25) is 5.91 Å². The van der Waals surface area contributed by atoms with Crippen LogP contribution in [-0.2, 0) is 4.79 Å². The first-order valence-corrected chi connectivity index (χ1v) is 4.20. The van der Waals surface area contributed by atoms with Crippen molar-refractivity contribution >= 4 is 5.91 Å². The van der Waals surface area contributed by atoms with Crippen molar-refractivity contribution in [2.45, 2.75) is 33.6 Å². The van der Waals surface area contributed by atoms with Gasteiger partial charge in [-0.15, -0.1) is 0 Å². The van der Waals surface area contributed by atoms with Crippen molar-refractivity contribution in [3.8, 4) is 0 Å². The zero-order chi connectivity index (χ0) is 8.10. The van der Waals surface area contributed by atoms with Crippen LogP contribution in [0.25, 0.3) is 0 Å². The number of hydrogen-bond donors (Lipinski definition) is 1. The minimum atomic E-state index is 0. The third-order valence-corrected chi connectivity index (χ3v) is 2.07. The molecule has 1 saturated heterocycles. The van der Waals surface area contributed by atoms with Crippen LogP contribution in [0.3, 0.4) is 0 Å². The normalized spacial score (nSPS) is 23.4. The van der Waals surface area contributed by atoms with Crippen molar-refractivity contribution in [1.82, 2.24) is 5.32 Å². The van der Waals surface area contributed by atoms with Crippen LogP contribution < -0.4 is 5.32 Å². The van der Waals surface area contributed by atoms with Crippen molar-refractivity contribution < 1.29 is 4.79 Å². The maximum atomic E-state index is 10.8. The Hall–Kier alpha value is -0.790. The van der Waals surface area contributed by atoms with E-state index in [1.54, 1.807) is 0 Å². The van der Waals surface area contributed by atoms with Gasteiger partial charge in [0.05, 0.1) is 0 Å². The number of allylic oxidation sites excluding steroid dienone is 2. The summed E-state index contributed by atoms with van der Waals surface area (Å²) < 4.78 is 0. The fourth-order valence-corrected chi connectivity index (χ4v) is 1.31. The predicted octanol–water partition coefficient (Wildman–Crippen LogP) is 2.11. The second kappa shape index (κ2) is 5.81. The van der Waals surface area contributed by atoms with Gasteiger partial charge in [-0.05, 0) is 25.7 Å². The first kappa shape index (κ1) is 11.2. The minimum absolute atomic E-state index is 0. The van der Waals surface area contributed by atoms with Gasteiger partial charge < -0.3 is 5.32 Å². The summed E-state index contributed by atoms with van der Waals surface area (Å²) in [5.74, 6) is 0.880. The molecular formula is C10H19NO. The SMILES string of the molecule is C.C/C=C/CC1CCC(=O)NC1. The summed E-state index contributed by atoms with van der Waals surface area (Å²) in [5, 5.41) is 2.87. The fourth-order valence-electron chi connectivity index (χ4n) is 1.31. The molecule has 70 valence electrons. The number of amides is 1.